The Morgan fingerprint density at radius 1 is 1.36 bits per heavy atom. The molecule has 0 saturated carbocycles. The fourth-order valence-electron chi connectivity index (χ4n) is 1.00. The van der Waals surface area contributed by atoms with Gasteiger partial charge in [-0.25, -0.2) is 4.39 Å². The maximum absolute atomic E-state index is 12.6. The first-order valence-corrected chi connectivity index (χ1v) is 3.66. The molecule has 6 heteroatoms. The van der Waals surface area contributed by atoms with Crippen molar-refractivity contribution in [3.8, 4) is 6.08 Å². The number of alkyl halides is 2. The number of hydrogen-bond donors (Lipinski definition) is 0. The van der Waals surface area contributed by atoms with Crippen molar-refractivity contribution in [1.82, 2.24) is 4.98 Å². The van der Waals surface area contributed by atoms with Gasteiger partial charge in [0, 0.05) is 6.07 Å². The van der Waals surface area contributed by atoms with E-state index in [-0.39, 0.29) is 11.1 Å². The number of oxazole rings is 1. The molecule has 74 valence electrons. The summed E-state index contributed by atoms with van der Waals surface area (Å²) in [7, 11) is 0. The summed E-state index contributed by atoms with van der Waals surface area (Å²) in [6.07, 6.45) is -0.569. The fourth-order valence-corrected chi connectivity index (χ4v) is 1.00. The molecule has 2 aromatic rings. The average Bonchev–Trinajstić information content (AvgIpc) is 2.44. The molecule has 0 spiro atoms. The predicted molar refractivity (Wildman–Crippen MR) is 40.6 cm³/mol. The Labute approximate surface area is 76.1 Å². The number of nitrogens with zero attached hydrogens (tertiary/aromatic N) is 1. The van der Waals surface area contributed by atoms with Gasteiger partial charge < -0.3 is 9.15 Å². The molecule has 1 aromatic heterocycles. The van der Waals surface area contributed by atoms with E-state index in [2.05, 4.69) is 9.72 Å². The van der Waals surface area contributed by atoms with E-state index in [4.69, 9.17) is 4.42 Å². The van der Waals surface area contributed by atoms with Gasteiger partial charge in [0.15, 0.2) is 5.58 Å². The van der Waals surface area contributed by atoms with Crippen molar-refractivity contribution in [3.05, 3.63) is 24.0 Å². The van der Waals surface area contributed by atoms with Crippen LogP contribution in [0.3, 0.4) is 0 Å². The van der Waals surface area contributed by atoms with Gasteiger partial charge in [0.2, 0.25) is 0 Å². The van der Waals surface area contributed by atoms with Crippen molar-refractivity contribution in [1.29, 1.82) is 0 Å². The summed E-state index contributed by atoms with van der Waals surface area (Å²) >= 11 is 0. The van der Waals surface area contributed by atoms with Crippen LogP contribution in [0.1, 0.15) is 0 Å². The third kappa shape index (κ3) is 1.63. The summed E-state index contributed by atoms with van der Waals surface area (Å²) in [6.45, 7) is -3.01. The molecule has 1 aromatic carbocycles. The SMILES string of the molecule is Fc1ccc2nc(OC(F)F)oc2c1. The average molecular weight is 203 g/mol. The van der Waals surface area contributed by atoms with Crippen molar-refractivity contribution in [2.24, 2.45) is 0 Å². The lowest BCUT2D eigenvalue weighted by Gasteiger charge is -1.94. The van der Waals surface area contributed by atoms with Gasteiger partial charge in [-0.15, -0.1) is 0 Å². The molecule has 0 atom stereocenters. The quantitative estimate of drug-likeness (QED) is 0.752. The molecule has 0 amide bonds. The monoisotopic (exact) mass is 203 g/mol. The minimum Gasteiger partial charge on any atom is -0.409 e. The van der Waals surface area contributed by atoms with Crippen molar-refractivity contribution in [3.63, 3.8) is 0 Å². The van der Waals surface area contributed by atoms with Crippen molar-refractivity contribution < 1.29 is 22.3 Å². The first-order chi connectivity index (χ1) is 6.65. The number of halogens is 3. The largest absolute Gasteiger partial charge is 0.409 e. The van der Waals surface area contributed by atoms with Crippen LogP contribution in [0.4, 0.5) is 13.2 Å². The molecule has 1 heterocycles. The van der Waals surface area contributed by atoms with E-state index >= 15 is 0 Å². The Balaban J connectivity index is 2.41. The predicted octanol–water partition coefficient (Wildman–Crippen LogP) is 2.57. The van der Waals surface area contributed by atoms with E-state index in [9.17, 15) is 13.2 Å². The maximum Gasteiger partial charge on any atom is 0.399 e. The zero-order valence-electron chi connectivity index (χ0n) is 6.71. The molecule has 0 aliphatic carbocycles. The Bertz CT molecular complexity index is 455. The number of fused-ring (bicyclic) bond motifs is 1. The number of rotatable bonds is 2. The molecule has 14 heavy (non-hydrogen) atoms. The second-order valence-corrected chi connectivity index (χ2v) is 2.47. The van der Waals surface area contributed by atoms with Crippen molar-refractivity contribution >= 4 is 11.1 Å². The van der Waals surface area contributed by atoms with Crippen LogP contribution in [0.5, 0.6) is 6.08 Å². The minimum atomic E-state index is -3.01. The Kier molecular flexibility index (Phi) is 2.03. The van der Waals surface area contributed by atoms with E-state index < -0.39 is 18.5 Å². The molecule has 0 unspecified atom stereocenters. The lowest BCUT2D eigenvalue weighted by Crippen LogP contribution is -2.01. The highest BCUT2D eigenvalue weighted by Crippen LogP contribution is 2.22. The van der Waals surface area contributed by atoms with Gasteiger partial charge in [-0.3, -0.25) is 0 Å². The molecule has 2 rings (SSSR count). The molecule has 0 aliphatic rings. The second-order valence-electron chi connectivity index (χ2n) is 2.47. The molecular weight excluding hydrogens is 199 g/mol. The van der Waals surface area contributed by atoms with Crippen LogP contribution in [0.25, 0.3) is 11.1 Å². The minimum absolute atomic E-state index is 0.0700. The van der Waals surface area contributed by atoms with Gasteiger partial charge in [0.05, 0.1) is 0 Å². The van der Waals surface area contributed by atoms with Crippen LogP contribution in [0.15, 0.2) is 22.6 Å². The van der Waals surface area contributed by atoms with Gasteiger partial charge in [0.1, 0.15) is 11.3 Å². The zero-order chi connectivity index (χ0) is 10.1. The third-order valence-corrected chi connectivity index (χ3v) is 1.52. The van der Waals surface area contributed by atoms with Crippen LogP contribution in [0.2, 0.25) is 0 Å². The van der Waals surface area contributed by atoms with Crippen LogP contribution in [-0.2, 0) is 0 Å². The molecule has 0 aliphatic heterocycles. The van der Waals surface area contributed by atoms with E-state index in [1.807, 2.05) is 0 Å². The van der Waals surface area contributed by atoms with Gasteiger partial charge in [-0.2, -0.15) is 13.8 Å². The smallest absolute Gasteiger partial charge is 0.399 e. The topological polar surface area (TPSA) is 35.3 Å². The van der Waals surface area contributed by atoms with Crippen molar-refractivity contribution in [2.45, 2.75) is 6.61 Å². The first kappa shape index (κ1) is 8.86. The van der Waals surface area contributed by atoms with Crippen LogP contribution in [-0.4, -0.2) is 11.6 Å². The number of hydrogen-bond acceptors (Lipinski definition) is 3. The van der Waals surface area contributed by atoms with E-state index in [0.29, 0.717) is 0 Å². The molecule has 0 N–H and O–H groups in total. The number of aromatic nitrogens is 1. The van der Waals surface area contributed by atoms with E-state index in [1.54, 1.807) is 0 Å². The first-order valence-electron chi connectivity index (χ1n) is 3.66. The summed E-state index contributed by atoms with van der Waals surface area (Å²) in [4.78, 5) is 3.56. The molecule has 0 bridgehead atoms. The summed E-state index contributed by atoms with van der Waals surface area (Å²) in [5.74, 6) is -0.530. The lowest BCUT2D eigenvalue weighted by atomic mass is 10.3. The molecular formula is C8H4F3NO2. The van der Waals surface area contributed by atoms with Gasteiger partial charge in [-0.1, -0.05) is 0 Å². The lowest BCUT2D eigenvalue weighted by molar-refractivity contribution is -0.0664. The Hall–Kier alpha value is -1.72. The van der Waals surface area contributed by atoms with Crippen LogP contribution < -0.4 is 4.74 Å². The standard InChI is InChI=1S/C8H4F3NO2/c9-4-1-2-5-6(3-4)13-8(12-5)14-7(10)11/h1-3,7H. The molecule has 0 fully saturated rings. The van der Waals surface area contributed by atoms with Gasteiger partial charge in [0.25, 0.3) is 0 Å². The fraction of sp³-hybridized carbons (Fsp3) is 0.125. The number of ether oxygens (including phenoxy) is 1. The van der Waals surface area contributed by atoms with Gasteiger partial charge in [-0.05, 0) is 12.1 Å². The van der Waals surface area contributed by atoms with Crippen LogP contribution in [0, 0.1) is 5.82 Å². The maximum atomic E-state index is 12.6. The molecule has 3 nitrogen and oxygen atoms in total. The summed E-state index contributed by atoms with van der Waals surface area (Å²) in [6, 6.07) is 3.50. The summed E-state index contributed by atoms with van der Waals surface area (Å²) in [5, 5.41) is 0. The Morgan fingerprint density at radius 2 is 2.14 bits per heavy atom. The van der Waals surface area contributed by atoms with Gasteiger partial charge >= 0.3 is 12.7 Å². The second kappa shape index (κ2) is 3.21. The van der Waals surface area contributed by atoms with Crippen molar-refractivity contribution in [2.75, 3.05) is 0 Å². The highest BCUT2D eigenvalue weighted by atomic mass is 19.3. The number of benzene rings is 1. The normalized spacial score (nSPS) is 11.1. The highest BCUT2D eigenvalue weighted by molar-refractivity contribution is 5.72. The Morgan fingerprint density at radius 3 is 2.86 bits per heavy atom. The summed E-state index contributed by atoms with van der Waals surface area (Å²) < 4.78 is 44.7. The third-order valence-electron chi connectivity index (χ3n) is 1.52. The zero-order valence-corrected chi connectivity index (χ0v) is 6.71. The highest BCUT2D eigenvalue weighted by Gasteiger charge is 2.11. The molecule has 0 saturated heterocycles. The summed E-state index contributed by atoms with van der Waals surface area (Å²) in [5.41, 5.74) is 0.336. The molecule has 0 radical (unpaired) electrons. The van der Waals surface area contributed by atoms with E-state index in [1.165, 1.54) is 6.07 Å². The van der Waals surface area contributed by atoms with Crippen LogP contribution >= 0.6 is 0 Å². The van der Waals surface area contributed by atoms with E-state index in [0.717, 1.165) is 12.1 Å².